The zero-order valence-electron chi connectivity index (χ0n) is 66.8. The van der Waals surface area contributed by atoms with E-state index in [9.17, 15) is 43.2 Å². The Balaban J connectivity index is 5.19. The number of phosphoric ester groups is 2. The number of esters is 4. The molecular weight excluding hydrogens is 1330 g/mol. The molecule has 0 aliphatic heterocycles. The summed E-state index contributed by atoms with van der Waals surface area (Å²) >= 11 is 0. The average Bonchev–Trinajstić information content (AvgIpc) is 0.922. The van der Waals surface area contributed by atoms with Crippen molar-refractivity contribution in [3.63, 3.8) is 0 Å². The molecule has 0 amide bonds. The number of rotatable bonds is 83. The third-order valence-corrected chi connectivity index (χ3v) is 21.4. The smallest absolute Gasteiger partial charge is 0.462 e. The predicted molar refractivity (Wildman–Crippen MR) is 418 cm³/mol. The first-order chi connectivity index (χ1) is 49.5. The Morgan fingerprint density at radius 3 is 0.667 bits per heavy atom. The second kappa shape index (κ2) is 75.9. The van der Waals surface area contributed by atoms with Gasteiger partial charge in [-0.15, -0.1) is 0 Å². The molecule has 0 spiro atoms. The second-order valence-corrected chi connectivity index (χ2v) is 33.3. The monoisotopic (exact) mass is 1490 g/mol. The summed E-state index contributed by atoms with van der Waals surface area (Å²) in [5.41, 5.74) is 0. The number of aliphatic hydroxyl groups is 1. The topological polar surface area (TPSA) is 237 Å². The number of hydrogen-bond acceptors (Lipinski definition) is 15. The first kappa shape index (κ1) is 100. The number of aliphatic hydroxyl groups excluding tert-OH is 1. The van der Waals surface area contributed by atoms with Crippen molar-refractivity contribution in [2.24, 2.45) is 5.92 Å². The molecule has 0 aliphatic rings. The molecule has 0 bridgehead atoms. The number of carbonyl (C=O) groups excluding carboxylic acids is 4. The van der Waals surface area contributed by atoms with Crippen LogP contribution in [0.4, 0.5) is 0 Å². The molecule has 0 aromatic carbocycles. The van der Waals surface area contributed by atoms with E-state index in [1.807, 2.05) is 0 Å². The molecule has 0 saturated carbocycles. The second-order valence-electron chi connectivity index (χ2n) is 30.3. The molecular formula is C83H162O17P2. The van der Waals surface area contributed by atoms with Gasteiger partial charge in [0.15, 0.2) is 12.2 Å². The summed E-state index contributed by atoms with van der Waals surface area (Å²) in [4.78, 5) is 73.0. The number of phosphoric acid groups is 2. The van der Waals surface area contributed by atoms with Crippen LogP contribution in [0.3, 0.4) is 0 Å². The van der Waals surface area contributed by atoms with Crippen LogP contribution in [0.25, 0.3) is 0 Å². The summed E-state index contributed by atoms with van der Waals surface area (Å²) in [6, 6.07) is 0. The zero-order valence-corrected chi connectivity index (χ0v) is 68.5. The van der Waals surface area contributed by atoms with Crippen LogP contribution in [0.2, 0.25) is 0 Å². The van der Waals surface area contributed by atoms with Crippen molar-refractivity contribution in [2.45, 2.75) is 464 Å². The third-order valence-electron chi connectivity index (χ3n) is 19.5. The van der Waals surface area contributed by atoms with Gasteiger partial charge in [-0.3, -0.25) is 37.3 Å². The summed E-state index contributed by atoms with van der Waals surface area (Å²) in [7, 11) is -9.92. The van der Waals surface area contributed by atoms with Gasteiger partial charge in [-0.05, 0) is 31.6 Å². The van der Waals surface area contributed by atoms with E-state index >= 15 is 0 Å². The van der Waals surface area contributed by atoms with Crippen LogP contribution in [-0.2, 0) is 65.4 Å². The first-order valence-electron chi connectivity index (χ1n) is 43.1. The van der Waals surface area contributed by atoms with E-state index in [4.69, 9.17) is 37.0 Å². The van der Waals surface area contributed by atoms with Gasteiger partial charge >= 0.3 is 39.5 Å². The van der Waals surface area contributed by atoms with Gasteiger partial charge in [-0.2, -0.15) is 0 Å². The molecule has 0 fully saturated rings. The highest BCUT2D eigenvalue weighted by Crippen LogP contribution is 2.45. The molecule has 0 aromatic rings. The average molecular weight is 1490 g/mol. The minimum absolute atomic E-state index is 0.108. The highest BCUT2D eigenvalue weighted by molar-refractivity contribution is 7.47. The fraction of sp³-hybridized carbons (Fsp3) is 0.952. The van der Waals surface area contributed by atoms with Gasteiger partial charge < -0.3 is 33.8 Å². The van der Waals surface area contributed by atoms with Crippen LogP contribution in [0.1, 0.15) is 446 Å². The van der Waals surface area contributed by atoms with Crippen molar-refractivity contribution in [3.05, 3.63) is 0 Å². The fourth-order valence-corrected chi connectivity index (χ4v) is 14.5. The lowest BCUT2D eigenvalue weighted by atomic mass is 10.0. The number of carbonyl (C=O) groups is 4. The number of ether oxygens (including phenoxy) is 4. The van der Waals surface area contributed by atoms with Crippen LogP contribution < -0.4 is 0 Å². The van der Waals surface area contributed by atoms with Gasteiger partial charge in [0.2, 0.25) is 0 Å². The van der Waals surface area contributed by atoms with Crippen LogP contribution in [0.5, 0.6) is 0 Å². The highest BCUT2D eigenvalue weighted by Gasteiger charge is 2.30. The van der Waals surface area contributed by atoms with Gasteiger partial charge in [-0.1, -0.05) is 394 Å². The molecule has 0 saturated heterocycles. The molecule has 19 heteroatoms. The molecule has 102 heavy (non-hydrogen) atoms. The van der Waals surface area contributed by atoms with Crippen molar-refractivity contribution in [1.29, 1.82) is 0 Å². The van der Waals surface area contributed by atoms with Crippen LogP contribution >= 0.6 is 15.6 Å². The van der Waals surface area contributed by atoms with E-state index in [0.717, 1.165) is 95.8 Å². The van der Waals surface area contributed by atoms with Crippen LogP contribution in [0.15, 0.2) is 0 Å². The van der Waals surface area contributed by atoms with Crippen molar-refractivity contribution in [1.82, 2.24) is 0 Å². The molecule has 0 rings (SSSR count). The van der Waals surface area contributed by atoms with Crippen LogP contribution in [0, 0.1) is 5.92 Å². The molecule has 0 aliphatic carbocycles. The van der Waals surface area contributed by atoms with E-state index in [0.29, 0.717) is 25.7 Å². The molecule has 5 atom stereocenters. The Kier molecular flexibility index (Phi) is 74.4. The lowest BCUT2D eigenvalue weighted by Gasteiger charge is -2.21. The van der Waals surface area contributed by atoms with Gasteiger partial charge in [0.1, 0.15) is 19.3 Å². The lowest BCUT2D eigenvalue weighted by Crippen LogP contribution is -2.30. The lowest BCUT2D eigenvalue weighted by molar-refractivity contribution is -0.161. The largest absolute Gasteiger partial charge is 0.472 e. The normalized spacial score (nSPS) is 13.8. The minimum atomic E-state index is -4.96. The van der Waals surface area contributed by atoms with Crippen molar-refractivity contribution < 1.29 is 80.2 Å². The van der Waals surface area contributed by atoms with Gasteiger partial charge in [0, 0.05) is 25.7 Å². The maximum absolute atomic E-state index is 13.1. The summed E-state index contributed by atoms with van der Waals surface area (Å²) in [6.07, 6.45) is 68.1. The quantitative estimate of drug-likeness (QED) is 0.0222. The molecule has 3 N–H and O–H groups in total. The van der Waals surface area contributed by atoms with Crippen molar-refractivity contribution in [3.8, 4) is 0 Å². The van der Waals surface area contributed by atoms with Crippen LogP contribution in [-0.4, -0.2) is 96.7 Å². The Hall–Kier alpha value is -1.94. The van der Waals surface area contributed by atoms with E-state index in [1.165, 1.54) is 270 Å². The molecule has 0 aromatic heterocycles. The molecule has 606 valence electrons. The SMILES string of the molecule is CCCCCCCCCCCCCCCCCCCCCCCCC(=O)O[C@H](COC(=O)CCCCCCCCCCCCCCCCCC(C)C)COP(=O)(O)OC[C@@H](O)COP(=O)(O)OC[C@@H](COC(=O)CCCCCCCCCCC)OC(=O)CCCCCCCCCCCCCCC. The van der Waals surface area contributed by atoms with Crippen molar-refractivity contribution in [2.75, 3.05) is 39.6 Å². The predicted octanol–water partition coefficient (Wildman–Crippen LogP) is 25.2. The molecule has 2 unspecified atom stereocenters. The molecule has 0 heterocycles. The first-order valence-corrected chi connectivity index (χ1v) is 46.1. The minimum Gasteiger partial charge on any atom is -0.462 e. The molecule has 17 nitrogen and oxygen atoms in total. The van der Waals surface area contributed by atoms with Crippen molar-refractivity contribution >= 4 is 39.5 Å². The van der Waals surface area contributed by atoms with E-state index in [-0.39, 0.29) is 25.7 Å². The summed E-state index contributed by atoms with van der Waals surface area (Å²) < 4.78 is 68.7. The van der Waals surface area contributed by atoms with Gasteiger partial charge in [0.05, 0.1) is 26.4 Å². The zero-order chi connectivity index (χ0) is 74.8. The Labute approximate surface area is 626 Å². The van der Waals surface area contributed by atoms with E-state index in [2.05, 4.69) is 34.6 Å². The summed E-state index contributed by atoms with van der Waals surface area (Å²) in [6.45, 7) is 7.35. The fourth-order valence-electron chi connectivity index (χ4n) is 12.9. The van der Waals surface area contributed by atoms with E-state index < -0.39 is 97.5 Å². The highest BCUT2D eigenvalue weighted by atomic mass is 31.2. The van der Waals surface area contributed by atoms with Gasteiger partial charge in [0.25, 0.3) is 0 Å². The number of unbranched alkanes of at least 4 members (excludes halogenated alkanes) is 55. The third kappa shape index (κ3) is 76.3. The standard InChI is InChI=1S/C83H162O17P2/c1-6-9-12-15-18-21-23-25-26-27-28-29-30-31-32-35-40-44-49-54-59-64-69-83(88)100-79(73-94-81(86)67-62-57-52-47-42-39-36-33-34-38-41-46-50-55-60-65-76(4)5)75-98-102(91,92)96-71-77(84)70-95-101(89,90)97-74-78(72-93-80(85)66-61-56-51-45-20-17-14-11-8-3)99-82(87)68-63-58-53-48-43-37-24-22-19-16-13-10-7-2/h76-79,84H,6-75H2,1-5H3,(H,89,90)(H,91,92)/t77-,78+,79+/m0/s1. The van der Waals surface area contributed by atoms with E-state index in [1.54, 1.807) is 0 Å². The maximum Gasteiger partial charge on any atom is 0.472 e. The Morgan fingerprint density at radius 1 is 0.265 bits per heavy atom. The summed E-state index contributed by atoms with van der Waals surface area (Å²) in [5, 5.41) is 10.6. The van der Waals surface area contributed by atoms with Gasteiger partial charge in [-0.25, -0.2) is 9.13 Å². The maximum atomic E-state index is 13.1. The summed E-state index contributed by atoms with van der Waals surface area (Å²) in [5.74, 6) is -1.30. The number of hydrogen-bond donors (Lipinski definition) is 3. The molecule has 0 radical (unpaired) electrons. The Morgan fingerprint density at radius 2 is 0.451 bits per heavy atom. The Bertz CT molecular complexity index is 1940.